The van der Waals surface area contributed by atoms with Gasteiger partial charge in [0.1, 0.15) is 11.5 Å². The van der Waals surface area contributed by atoms with Crippen LogP contribution in [-0.2, 0) is 17.9 Å². The lowest BCUT2D eigenvalue weighted by molar-refractivity contribution is 0.403. The van der Waals surface area contributed by atoms with Crippen LogP contribution in [0.25, 0.3) is 21.5 Å². The van der Waals surface area contributed by atoms with Crippen LogP contribution in [0.4, 0.5) is 0 Å². The van der Waals surface area contributed by atoms with Crippen molar-refractivity contribution in [3.8, 4) is 11.5 Å². The zero-order valence-corrected chi connectivity index (χ0v) is 18.4. The lowest BCUT2D eigenvalue weighted by Gasteiger charge is -2.20. The van der Waals surface area contributed by atoms with Crippen molar-refractivity contribution in [3.05, 3.63) is 82.9 Å². The molecule has 29 heavy (non-hydrogen) atoms. The van der Waals surface area contributed by atoms with Gasteiger partial charge in [-0.3, -0.25) is 0 Å². The standard InChI is InChI=1S/C25H24O2S2/c1-26-24-18(14-28)11-16-7-3-5-9-20(16)22(24)13-23-21-10-6-4-8-17(21)12-19(15-29)25(23)27-2/h3-12,28-29H,13-15H2,1-2H3. The van der Waals surface area contributed by atoms with Crippen LogP contribution in [-0.4, -0.2) is 14.2 Å². The van der Waals surface area contributed by atoms with Crippen LogP contribution < -0.4 is 9.47 Å². The molecule has 4 aromatic rings. The second-order valence-electron chi connectivity index (χ2n) is 7.03. The maximum atomic E-state index is 5.89. The highest BCUT2D eigenvalue weighted by Gasteiger charge is 2.19. The van der Waals surface area contributed by atoms with Crippen LogP contribution >= 0.6 is 25.3 Å². The Bertz CT molecular complexity index is 1090. The van der Waals surface area contributed by atoms with Crippen LogP contribution in [0.3, 0.4) is 0 Å². The number of benzene rings is 4. The fourth-order valence-corrected chi connectivity index (χ4v) is 4.68. The average molecular weight is 421 g/mol. The van der Waals surface area contributed by atoms with E-state index in [0.717, 1.165) is 33.8 Å². The Morgan fingerprint density at radius 1 is 0.655 bits per heavy atom. The molecule has 148 valence electrons. The number of hydrogen-bond donors (Lipinski definition) is 2. The summed E-state index contributed by atoms with van der Waals surface area (Å²) in [5, 5.41) is 4.77. The van der Waals surface area contributed by atoms with E-state index in [0.29, 0.717) is 17.9 Å². The number of thiol groups is 2. The van der Waals surface area contributed by atoms with Crippen LogP contribution in [0.15, 0.2) is 60.7 Å². The molecular formula is C25H24O2S2. The van der Waals surface area contributed by atoms with Gasteiger partial charge in [-0.2, -0.15) is 25.3 Å². The molecular weight excluding hydrogens is 396 g/mol. The highest BCUT2D eigenvalue weighted by atomic mass is 32.1. The molecule has 0 fully saturated rings. The van der Waals surface area contributed by atoms with Crippen LogP contribution in [0.5, 0.6) is 11.5 Å². The highest BCUT2D eigenvalue weighted by molar-refractivity contribution is 7.79. The number of rotatable bonds is 6. The van der Waals surface area contributed by atoms with E-state index in [9.17, 15) is 0 Å². The molecule has 0 radical (unpaired) electrons. The highest BCUT2D eigenvalue weighted by Crippen LogP contribution is 2.40. The summed E-state index contributed by atoms with van der Waals surface area (Å²) in [6.07, 6.45) is 0.705. The molecule has 0 saturated heterocycles. The molecule has 0 N–H and O–H groups in total. The molecule has 0 aromatic heterocycles. The smallest absolute Gasteiger partial charge is 0.127 e. The summed E-state index contributed by atoms with van der Waals surface area (Å²) in [5.41, 5.74) is 4.51. The van der Waals surface area contributed by atoms with Gasteiger partial charge in [0.25, 0.3) is 0 Å². The summed E-state index contributed by atoms with van der Waals surface area (Å²) in [7, 11) is 3.47. The second-order valence-corrected chi connectivity index (χ2v) is 7.66. The predicted octanol–water partition coefficient (Wildman–Crippen LogP) is 6.46. The van der Waals surface area contributed by atoms with E-state index in [1.54, 1.807) is 14.2 Å². The number of ether oxygens (including phenoxy) is 2. The normalized spacial score (nSPS) is 11.2. The number of hydrogen-bond acceptors (Lipinski definition) is 4. The van der Waals surface area contributed by atoms with Crippen molar-refractivity contribution in [2.24, 2.45) is 0 Å². The maximum absolute atomic E-state index is 5.89. The van der Waals surface area contributed by atoms with Gasteiger partial charge in [-0.1, -0.05) is 48.5 Å². The van der Waals surface area contributed by atoms with Gasteiger partial charge in [-0.25, -0.2) is 0 Å². The molecule has 0 atom stereocenters. The van der Waals surface area contributed by atoms with Crippen molar-refractivity contribution in [3.63, 3.8) is 0 Å². The first-order valence-electron chi connectivity index (χ1n) is 9.58. The molecule has 2 nitrogen and oxygen atoms in total. The molecule has 0 spiro atoms. The first kappa shape index (κ1) is 20.0. The van der Waals surface area contributed by atoms with Crippen molar-refractivity contribution < 1.29 is 9.47 Å². The lowest BCUT2D eigenvalue weighted by Crippen LogP contribution is -2.03. The molecule has 0 aliphatic rings. The summed E-state index contributed by atoms with van der Waals surface area (Å²) < 4.78 is 11.8. The Balaban J connectivity index is 2.04. The van der Waals surface area contributed by atoms with Crippen molar-refractivity contribution in [1.82, 2.24) is 0 Å². The van der Waals surface area contributed by atoms with Crippen molar-refractivity contribution in [2.75, 3.05) is 14.2 Å². The Hall–Kier alpha value is -2.30. The van der Waals surface area contributed by atoms with E-state index in [1.165, 1.54) is 21.5 Å². The van der Waals surface area contributed by atoms with Crippen LogP contribution in [0.2, 0.25) is 0 Å². The summed E-state index contributed by atoms with van der Waals surface area (Å²) in [6.45, 7) is 0. The topological polar surface area (TPSA) is 18.5 Å². The fourth-order valence-electron chi connectivity index (χ4n) is 4.21. The molecule has 0 saturated carbocycles. The Kier molecular flexibility index (Phi) is 5.93. The van der Waals surface area contributed by atoms with Gasteiger partial charge in [-0.15, -0.1) is 0 Å². The molecule has 0 aliphatic heterocycles. The van der Waals surface area contributed by atoms with Gasteiger partial charge in [0, 0.05) is 40.2 Å². The summed E-state index contributed by atoms with van der Waals surface area (Å²) in [5.74, 6) is 3.05. The minimum absolute atomic E-state index is 0.621. The Morgan fingerprint density at radius 2 is 1.07 bits per heavy atom. The van der Waals surface area contributed by atoms with Gasteiger partial charge in [-0.05, 0) is 33.7 Å². The summed E-state index contributed by atoms with van der Waals surface area (Å²) in [4.78, 5) is 0. The van der Waals surface area contributed by atoms with Gasteiger partial charge in [0.2, 0.25) is 0 Å². The molecule has 4 rings (SSSR count). The molecule has 0 unspecified atom stereocenters. The fraction of sp³-hybridized carbons (Fsp3) is 0.200. The minimum atomic E-state index is 0.621. The quantitative estimate of drug-likeness (QED) is 0.349. The van der Waals surface area contributed by atoms with E-state index in [1.807, 2.05) is 0 Å². The third kappa shape index (κ3) is 3.56. The van der Waals surface area contributed by atoms with E-state index in [-0.39, 0.29) is 0 Å². The van der Waals surface area contributed by atoms with E-state index >= 15 is 0 Å². The predicted molar refractivity (Wildman–Crippen MR) is 129 cm³/mol. The monoisotopic (exact) mass is 420 g/mol. The van der Waals surface area contributed by atoms with E-state index in [4.69, 9.17) is 9.47 Å². The Labute approximate surface area is 182 Å². The van der Waals surface area contributed by atoms with Gasteiger partial charge < -0.3 is 9.47 Å². The maximum Gasteiger partial charge on any atom is 0.127 e. The van der Waals surface area contributed by atoms with Crippen molar-refractivity contribution in [2.45, 2.75) is 17.9 Å². The van der Waals surface area contributed by atoms with Crippen LogP contribution in [0, 0.1) is 0 Å². The third-order valence-corrected chi connectivity index (χ3v) is 6.15. The minimum Gasteiger partial charge on any atom is -0.496 e. The molecule has 0 bridgehead atoms. The lowest BCUT2D eigenvalue weighted by atomic mass is 9.90. The molecule has 0 amide bonds. The first-order chi connectivity index (χ1) is 14.2. The van der Waals surface area contributed by atoms with Crippen LogP contribution in [0.1, 0.15) is 22.3 Å². The van der Waals surface area contributed by atoms with Gasteiger partial charge >= 0.3 is 0 Å². The second kappa shape index (κ2) is 8.60. The number of methoxy groups -OCH3 is 2. The van der Waals surface area contributed by atoms with Gasteiger partial charge in [0.15, 0.2) is 0 Å². The van der Waals surface area contributed by atoms with E-state index in [2.05, 4.69) is 85.9 Å². The van der Waals surface area contributed by atoms with Crippen molar-refractivity contribution in [1.29, 1.82) is 0 Å². The summed E-state index contributed by atoms with van der Waals surface area (Å²) >= 11 is 9.09. The first-order valence-corrected chi connectivity index (χ1v) is 10.8. The van der Waals surface area contributed by atoms with Gasteiger partial charge in [0.05, 0.1) is 14.2 Å². The molecule has 0 aliphatic carbocycles. The zero-order chi connectivity index (χ0) is 20.4. The molecule has 0 heterocycles. The largest absolute Gasteiger partial charge is 0.496 e. The zero-order valence-electron chi connectivity index (χ0n) is 16.6. The van der Waals surface area contributed by atoms with Crippen molar-refractivity contribution >= 4 is 46.8 Å². The molecule has 4 heteroatoms. The Morgan fingerprint density at radius 3 is 1.45 bits per heavy atom. The molecule has 4 aromatic carbocycles. The summed E-state index contributed by atoms with van der Waals surface area (Å²) in [6, 6.07) is 21.2. The third-order valence-electron chi connectivity index (χ3n) is 5.47. The average Bonchev–Trinajstić information content (AvgIpc) is 2.78. The number of fused-ring (bicyclic) bond motifs is 2. The SMILES string of the molecule is COc1c(CS)cc2ccccc2c1Cc1c(OC)c(CS)cc2ccccc12. The van der Waals surface area contributed by atoms with E-state index < -0.39 is 0 Å².